The summed E-state index contributed by atoms with van der Waals surface area (Å²) in [5, 5.41) is 2.85. The van der Waals surface area contributed by atoms with Gasteiger partial charge in [0.25, 0.3) is 5.91 Å². The molecule has 1 saturated heterocycles. The van der Waals surface area contributed by atoms with Gasteiger partial charge in [-0.05, 0) is 30.3 Å². The maximum Gasteiger partial charge on any atom is 0.279 e. The van der Waals surface area contributed by atoms with E-state index in [-0.39, 0.29) is 5.91 Å². The van der Waals surface area contributed by atoms with Gasteiger partial charge < -0.3 is 20.9 Å². The number of nitrogens with one attached hydrogen (secondary N) is 2. The van der Waals surface area contributed by atoms with Crippen molar-refractivity contribution in [3.63, 3.8) is 0 Å². The summed E-state index contributed by atoms with van der Waals surface area (Å²) in [4.78, 5) is 35.1. The molecule has 1 aromatic heterocycles. The van der Waals surface area contributed by atoms with Gasteiger partial charge in [0.05, 0.1) is 26.2 Å². The smallest absolute Gasteiger partial charge is 0.279 e. The van der Waals surface area contributed by atoms with E-state index in [4.69, 9.17) is 5.73 Å². The molecule has 1 aliphatic heterocycles. The van der Waals surface area contributed by atoms with Crippen LogP contribution in [0, 0.1) is 0 Å². The van der Waals surface area contributed by atoms with E-state index < -0.39 is 5.91 Å². The van der Waals surface area contributed by atoms with Crippen LogP contribution >= 0.6 is 0 Å². The molecule has 0 bridgehead atoms. The van der Waals surface area contributed by atoms with Crippen LogP contribution in [0.1, 0.15) is 10.4 Å². The minimum absolute atomic E-state index is 0.0498. The Labute approximate surface area is 145 Å². The standard InChI is InChI=1S/C17H20N6O2/c18-16(25)13-2-4-14(5-3-13)21-15(24)12-22-8-10-23(11-9-22)17-19-6-1-7-20-17/h1-7H,8-12H2,(H2,18,25)(H,21,24)/p+1. The fourth-order valence-electron chi connectivity index (χ4n) is 2.80. The van der Waals surface area contributed by atoms with Crippen molar-refractivity contribution in [2.24, 2.45) is 5.73 Å². The molecule has 1 fully saturated rings. The number of amides is 2. The third kappa shape index (κ3) is 4.51. The number of benzene rings is 1. The molecule has 130 valence electrons. The van der Waals surface area contributed by atoms with Crippen molar-refractivity contribution in [1.29, 1.82) is 0 Å². The molecule has 0 radical (unpaired) electrons. The minimum Gasteiger partial charge on any atom is -0.366 e. The second-order valence-electron chi connectivity index (χ2n) is 5.95. The van der Waals surface area contributed by atoms with Crippen LogP contribution in [0.5, 0.6) is 0 Å². The Kier molecular flexibility index (Phi) is 5.20. The van der Waals surface area contributed by atoms with Gasteiger partial charge in [0.15, 0.2) is 6.54 Å². The summed E-state index contributed by atoms with van der Waals surface area (Å²) < 4.78 is 0. The summed E-state index contributed by atoms with van der Waals surface area (Å²) in [7, 11) is 0. The van der Waals surface area contributed by atoms with E-state index >= 15 is 0 Å². The monoisotopic (exact) mass is 341 g/mol. The number of rotatable bonds is 5. The van der Waals surface area contributed by atoms with Gasteiger partial charge in [0, 0.05) is 23.6 Å². The van der Waals surface area contributed by atoms with Crippen molar-refractivity contribution in [1.82, 2.24) is 9.97 Å². The topological polar surface area (TPSA) is 106 Å². The van der Waals surface area contributed by atoms with Gasteiger partial charge in [-0.2, -0.15) is 0 Å². The largest absolute Gasteiger partial charge is 0.366 e. The normalized spacial score (nSPS) is 15.0. The molecule has 2 heterocycles. The van der Waals surface area contributed by atoms with Crippen LogP contribution in [0.25, 0.3) is 0 Å². The summed E-state index contributed by atoms with van der Waals surface area (Å²) >= 11 is 0. The third-order valence-corrected chi connectivity index (χ3v) is 4.17. The predicted molar refractivity (Wildman–Crippen MR) is 93.4 cm³/mol. The number of quaternary nitrogens is 1. The highest BCUT2D eigenvalue weighted by Crippen LogP contribution is 2.08. The van der Waals surface area contributed by atoms with Gasteiger partial charge in [-0.15, -0.1) is 0 Å². The van der Waals surface area contributed by atoms with Gasteiger partial charge in [-0.25, -0.2) is 9.97 Å². The molecule has 8 nitrogen and oxygen atoms in total. The first kappa shape index (κ1) is 16.8. The van der Waals surface area contributed by atoms with Crippen LogP contribution in [0.3, 0.4) is 0 Å². The lowest BCUT2D eigenvalue weighted by molar-refractivity contribution is -0.892. The van der Waals surface area contributed by atoms with Crippen molar-refractivity contribution in [2.75, 3.05) is 42.9 Å². The summed E-state index contributed by atoms with van der Waals surface area (Å²) in [5.41, 5.74) is 6.28. The molecule has 3 rings (SSSR count). The Hall–Kier alpha value is -3.00. The van der Waals surface area contributed by atoms with Gasteiger partial charge >= 0.3 is 0 Å². The molecular weight excluding hydrogens is 320 g/mol. The fraction of sp³-hybridized carbons (Fsp3) is 0.294. The van der Waals surface area contributed by atoms with Crippen molar-refractivity contribution in [3.8, 4) is 0 Å². The molecular formula is C17H21N6O2+. The lowest BCUT2D eigenvalue weighted by Gasteiger charge is -2.31. The summed E-state index contributed by atoms with van der Waals surface area (Å²) in [6.07, 6.45) is 3.47. The molecule has 1 aliphatic rings. The van der Waals surface area contributed by atoms with Gasteiger partial charge in [0.1, 0.15) is 0 Å². The first-order valence-corrected chi connectivity index (χ1v) is 8.17. The molecule has 8 heteroatoms. The van der Waals surface area contributed by atoms with Crippen LogP contribution < -0.4 is 20.9 Å². The number of hydrogen-bond acceptors (Lipinski definition) is 5. The van der Waals surface area contributed by atoms with Crippen molar-refractivity contribution in [3.05, 3.63) is 48.3 Å². The van der Waals surface area contributed by atoms with Crippen molar-refractivity contribution >= 4 is 23.5 Å². The van der Waals surface area contributed by atoms with Crippen LogP contribution in [0.15, 0.2) is 42.7 Å². The first-order chi connectivity index (χ1) is 12.1. The van der Waals surface area contributed by atoms with E-state index in [2.05, 4.69) is 20.2 Å². The summed E-state index contributed by atoms with van der Waals surface area (Å²) in [5.74, 6) is 0.203. The second kappa shape index (κ2) is 7.71. The molecule has 0 aliphatic carbocycles. The highest BCUT2D eigenvalue weighted by Gasteiger charge is 2.23. The molecule has 0 spiro atoms. The van der Waals surface area contributed by atoms with Crippen molar-refractivity contribution < 1.29 is 14.5 Å². The average Bonchev–Trinajstić information content (AvgIpc) is 2.63. The minimum atomic E-state index is -0.484. The SMILES string of the molecule is NC(=O)c1ccc(NC(=O)C[NH+]2CCN(c3ncccn3)CC2)cc1. The van der Waals surface area contributed by atoms with E-state index in [1.54, 1.807) is 42.7 Å². The van der Waals surface area contributed by atoms with E-state index in [0.29, 0.717) is 17.8 Å². The summed E-state index contributed by atoms with van der Waals surface area (Å²) in [6.45, 7) is 3.75. The maximum absolute atomic E-state index is 12.2. The van der Waals surface area contributed by atoms with Crippen LogP contribution in [-0.4, -0.2) is 54.5 Å². The first-order valence-electron chi connectivity index (χ1n) is 8.17. The Morgan fingerprint density at radius 2 is 1.76 bits per heavy atom. The zero-order valence-electron chi connectivity index (χ0n) is 13.8. The zero-order valence-corrected chi connectivity index (χ0v) is 13.8. The molecule has 0 saturated carbocycles. The van der Waals surface area contributed by atoms with E-state index in [1.807, 2.05) is 0 Å². The predicted octanol–water partition coefficient (Wildman–Crippen LogP) is -1.08. The number of nitrogens with zero attached hydrogens (tertiary/aromatic N) is 3. The molecule has 0 atom stereocenters. The quantitative estimate of drug-likeness (QED) is 0.641. The van der Waals surface area contributed by atoms with Gasteiger partial charge in [0.2, 0.25) is 11.9 Å². The number of hydrogen-bond donors (Lipinski definition) is 3. The van der Waals surface area contributed by atoms with Crippen LogP contribution in [0.4, 0.5) is 11.6 Å². The molecule has 1 aromatic carbocycles. The third-order valence-electron chi connectivity index (χ3n) is 4.17. The fourth-order valence-corrected chi connectivity index (χ4v) is 2.80. The number of piperazine rings is 1. The number of anilines is 2. The Balaban J connectivity index is 1.47. The number of carbonyl (C=O) groups is 2. The van der Waals surface area contributed by atoms with Gasteiger partial charge in [-0.3, -0.25) is 9.59 Å². The average molecular weight is 341 g/mol. The Morgan fingerprint density at radius 3 is 2.36 bits per heavy atom. The van der Waals surface area contributed by atoms with Crippen molar-refractivity contribution in [2.45, 2.75) is 0 Å². The molecule has 0 unspecified atom stereocenters. The van der Waals surface area contributed by atoms with Crippen LogP contribution in [0.2, 0.25) is 0 Å². The molecule has 2 amide bonds. The Bertz CT molecular complexity index is 727. The highest BCUT2D eigenvalue weighted by molar-refractivity contribution is 5.95. The number of aromatic nitrogens is 2. The zero-order chi connectivity index (χ0) is 17.6. The highest BCUT2D eigenvalue weighted by atomic mass is 16.2. The van der Waals surface area contributed by atoms with E-state index in [9.17, 15) is 9.59 Å². The van der Waals surface area contributed by atoms with E-state index in [1.165, 1.54) is 4.90 Å². The second-order valence-corrected chi connectivity index (χ2v) is 5.95. The van der Waals surface area contributed by atoms with E-state index in [0.717, 1.165) is 32.1 Å². The Morgan fingerprint density at radius 1 is 1.12 bits per heavy atom. The molecule has 4 N–H and O–H groups in total. The van der Waals surface area contributed by atoms with Gasteiger partial charge in [-0.1, -0.05) is 0 Å². The number of primary amides is 1. The lowest BCUT2D eigenvalue weighted by Crippen LogP contribution is -3.15. The molecule has 25 heavy (non-hydrogen) atoms. The lowest BCUT2D eigenvalue weighted by atomic mass is 10.2. The van der Waals surface area contributed by atoms with Crippen LogP contribution in [-0.2, 0) is 4.79 Å². The number of carbonyl (C=O) groups excluding carboxylic acids is 2. The number of nitrogens with two attached hydrogens (primary N) is 1. The maximum atomic E-state index is 12.2. The molecule has 2 aromatic rings. The summed E-state index contributed by atoms with van der Waals surface area (Å²) in [6, 6.07) is 8.36.